The molecule has 0 bridgehead atoms. The van der Waals surface area contributed by atoms with Crippen molar-refractivity contribution in [1.29, 1.82) is 0 Å². The summed E-state index contributed by atoms with van der Waals surface area (Å²) < 4.78 is 5.14. The third-order valence-corrected chi connectivity index (χ3v) is 3.85. The highest BCUT2D eigenvalue weighted by Gasteiger charge is 2.27. The second-order valence-corrected chi connectivity index (χ2v) is 4.94. The van der Waals surface area contributed by atoms with E-state index in [1.54, 1.807) is 7.11 Å². The topological polar surface area (TPSA) is 32.7 Å². The van der Waals surface area contributed by atoms with Crippen LogP contribution >= 0.6 is 0 Å². The lowest BCUT2D eigenvalue weighted by molar-refractivity contribution is 0.0590. The highest BCUT2D eigenvalue weighted by atomic mass is 16.5. The number of hydrogen-bond acceptors (Lipinski definition) is 3. The summed E-state index contributed by atoms with van der Waals surface area (Å²) in [6.45, 7) is 4.38. The molecule has 0 unspecified atom stereocenters. The minimum Gasteiger partial charge on any atom is -0.497 e. The van der Waals surface area contributed by atoms with Gasteiger partial charge in [0.2, 0.25) is 0 Å². The summed E-state index contributed by atoms with van der Waals surface area (Å²) >= 11 is 0. The van der Waals surface area contributed by atoms with E-state index >= 15 is 0 Å². The number of aliphatic hydroxyl groups excluding tert-OH is 1. The number of hydrogen-bond donors (Lipinski definition) is 1. The van der Waals surface area contributed by atoms with Crippen molar-refractivity contribution in [1.82, 2.24) is 4.90 Å². The molecule has 3 heteroatoms. The molecule has 1 heterocycles. The number of ether oxygens (including phenoxy) is 1. The van der Waals surface area contributed by atoms with Gasteiger partial charge >= 0.3 is 0 Å². The molecule has 1 aromatic carbocycles. The largest absolute Gasteiger partial charge is 0.497 e. The molecule has 1 aliphatic heterocycles. The molecule has 0 radical (unpaired) electrons. The van der Waals surface area contributed by atoms with Crippen LogP contribution in [-0.2, 0) is 0 Å². The molecule has 1 N–H and O–H groups in total. The molecule has 0 aromatic heterocycles. The first-order valence-electron chi connectivity index (χ1n) is 6.82. The zero-order valence-corrected chi connectivity index (χ0v) is 11.3. The minimum absolute atomic E-state index is 0.237. The van der Waals surface area contributed by atoms with E-state index in [0.717, 1.165) is 30.8 Å². The van der Waals surface area contributed by atoms with E-state index in [9.17, 15) is 5.11 Å². The second-order valence-electron chi connectivity index (χ2n) is 4.94. The van der Waals surface area contributed by atoms with E-state index in [-0.39, 0.29) is 6.04 Å². The van der Waals surface area contributed by atoms with Crippen LogP contribution in [0.1, 0.15) is 37.9 Å². The smallest absolute Gasteiger partial charge is 0.118 e. The van der Waals surface area contributed by atoms with Gasteiger partial charge in [-0.15, -0.1) is 0 Å². The molecule has 2 atom stereocenters. The molecule has 2 rings (SSSR count). The molecule has 0 amide bonds. The van der Waals surface area contributed by atoms with Crippen LogP contribution in [0.25, 0.3) is 0 Å². The summed E-state index contributed by atoms with van der Waals surface area (Å²) in [6, 6.07) is 7.98. The van der Waals surface area contributed by atoms with E-state index in [1.165, 1.54) is 12.8 Å². The Morgan fingerprint density at radius 2 is 1.83 bits per heavy atom. The molecule has 18 heavy (non-hydrogen) atoms. The van der Waals surface area contributed by atoms with Crippen LogP contribution in [-0.4, -0.2) is 36.2 Å². The number of rotatable bonds is 5. The Bertz CT molecular complexity index is 357. The fraction of sp³-hybridized carbons (Fsp3) is 0.600. The van der Waals surface area contributed by atoms with Gasteiger partial charge in [0.05, 0.1) is 13.2 Å². The molecular weight excluding hydrogens is 226 g/mol. The molecule has 0 spiro atoms. The van der Waals surface area contributed by atoms with Gasteiger partial charge in [0, 0.05) is 6.04 Å². The van der Waals surface area contributed by atoms with E-state index in [2.05, 4.69) is 11.8 Å². The predicted molar refractivity (Wildman–Crippen MR) is 72.8 cm³/mol. The van der Waals surface area contributed by atoms with Gasteiger partial charge in [0.25, 0.3) is 0 Å². The van der Waals surface area contributed by atoms with Crippen molar-refractivity contribution in [2.24, 2.45) is 0 Å². The third-order valence-electron chi connectivity index (χ3n) is 3.85. The van der Waals surface area contributed by atoms with Crippen LogP contribution in [0.2, 0.25) is 0 Å². The van der Waals surface area contributed by atoms with Gasteiger partial charge in [-0.25, -0.2) is 0 Å². The average molecular weight is 249 g/mol. The maximum atomic E-state index is 10.5. The van der Waals surface area contributed by atoms with Crippen LogP contribution in [0.4, 0.5) is 0 Å². The normalized spacial score (nSPS) is 19.7. The summed E-state index contributed by atoms with van der Waals surface area (Å²) in [6.07, 6.45) is 3.09. The maximum Gasteiger partial charge on any atom is 0.118 e. The lowest BCUT2D eigenvalue weighted by Gasteiger charge is -2.31. The molecule has 1 saturated heterocycles. The SMILES string of the molecule is CC[C@H]([C@H](O)c1ccc(OC)cc1)N1CCCC1. The molecule has 1 aromatic rings. The Morgan fingerprint density at radius 1 is 1.22 bits per heavy atom. The first kappa shape index (κ1) is 13.4. The van der Waals surface area contributed by atoms with Crippen molar-refractivity contribution in [3.8, 4) is 5.75 Å². The molecule has 1 aliphatic rings. The fourth-order valence-electron chi connectivity index (χ4n) is 2.78. The Labute approximate surface area is 109 Å². The van der Waals surface area contributed by atoms with Crippen molar-refractivity contribution < 1.29 is 9.84 Å². The minimum atomic E-state index is -0.404. The molecule has 100 valence electrons. The van der Waals surface area contributed by atoms with Gasteiger partial charge in [-0.2, -0.15) is 0 Å². The number of nitrogens with zero attached hydrogens (tertiary/aromatic N) is 1. The van der Waals surface area contributed by atoms with Crippen LogP contribution in [0.5, 0.6) is 5.75 Å². The molecule has 3 nitrogen and oxygen atoms in total. The summed E-state index contributed by atoms with van der Waals surface area (Å²) in [5, 5.41) is 10.5. The standard InChI is InChI=1S/C15H23NO2/c1-3-14(16-10-4-5-11-16)15(17)12-6-8-13(18-2)9-7-12/h6-9,14-15,17H,3-5,10-11H2,1-2H3/t14-,15-/m1/s1. The van der Waals surface area contributed by atoms with Gasteiger partial charge in [-0.05, 0) is 50.0 Å². The second kappa shape index (κ2) is 6.21. The van der Waals surface area contributed by atoms with E-state index < -0.39 is 6.10 Å². The van der Waals surface area contributed by atoms with Crippen LogP contribution in [0, 0.1) is 0 Å². The number of aliphatic hydroxyl groups is 1. The van der Waals surface area contributed by atoms with Gasteiger partial charge in [-0.1, -0.05) is 19.1 Å². The summed E-state index contributed by atoms with van der Waals surface area (Å²) in [5.74, 6) is 0.833. The predicted octanol–water partition coefficient (Wildman–Crippen LogP) is 2.60. The quantitative estimate of drug-likeness (QED) is 0.870. The zero-order valence-electron chi connectivity index (χ0n) is 11.3. The Balaban J connectivity index is 2.09. The number of methoxy groups -OCH3 is 1. The van der Waals surface area contributed by atoms with Gasteiger partial charge in [0.15, 0.2) is 0 Å². The summed E-state index contributed by atoms with van der Waals surface area (Å²) in [7, 11) is 1.66. The van der Waals surface area contributed by atoms with Crippen LogP contribution in [0.3, 0.4) is 0 Å². The maximum absolute atomic E-state index is 10.5. The lowest BCUT2D eigenvalue weighted by atomic mass is 9.99. The van der Waals surface area contributed by atoms with E-state index in [4.69, 9.17) is 4.74 Å². The van der Waals surface area contributed by atoms with Crippen molar-refractivity contribution in [3.05, 3.63) is 29.8 Å². The summed E-state index contributed by atoms with van der Waals surface area (Å²) in [4.78, 5) is 2.41. The fourth-order valence-corrected chi connectivity index (χ4v) is 2.78. The van der Waals surface area contributed by atoms with Crippen molar-refractivity contribution >= 4 is 0 Å². The first-order valence-corrected chi connectivity index (χ1v) is 6.82. The van der Waals surface area contributed by atoms with Gasteiger partial charge in [0.1, 0.15) is 5.75 Å². The highest BCUT2D eigenvalue weighted by Crippen LogP contribution is 2.27. The number of likely N-dealkylation sites (tertiary alicyclic amines) is 1. The monoisotopic (exact) mass is 249 g/mol. The molecule has 1 fully saturated rings. The van der Waals surface area contributed by atoms with Crippen molar-refractivity contribution in [2.75, 3.05) is 20.2 Å². The Kier molecular flexibility index (Phi) is 4.61. The lowest BCUT2D eigenvalue weighted by Crippen LogP contribution is -2.37. The van der Waals surface area contributed by atoms with Gasteiger partial charge < -0.3 is 9.84 Å². The van der Waals surface area contributed by atoms with Crippen LogP contribution < -0.4 is 4.74 Å². The zero-order chi connectivity index (χ0) is 13.0. The average Bonchev–Trinajstić information content (AvgIpc) is 2.93. The number of benzene rings is 1. The highest BCUT2D eigenvalue weighted by molar-refractivity contribution is 5.29. The molecule has 0 saturated carbocycles. The Morgan fingerprint density at radius 3 is 2.33 bits per heavy atom. The molecular formula is C15H23NO2. The van der Waals surface area contributed by atoms with Gasteiger partial charge in [-0.3, -0.25) is 4.90 Å². The van der Waals surface area contributed by atoms with Crippen molar-refractivity contribution in [2.45, 2.75) is 38.3 Å². The first-order chi connectivity index (χ1) is 8.76. The Hall–Kier alpha value is -1.06. The van der Waals surface area contributed by atoms with Crippen LogP contribution in [0.15, 0.2) is 24.3 Å². The van der Waals surface area contributed by atoms with E-state index in [0.29, 0.717) is 0 Å². The summed E-state index contributed by atoms with van der Waals surface area (Å²) in [5.41, 5.74) is 0.981. The molecule has 0 aliphatic carbocycles. The van der Waals surface area contributed by atoms with Crippen molar-refractivity contribution in [3.63, 3.8) is 0 Å². The third kappa shape index (κ3) is 2.85. The van der Waals surface area contributed by atoms with E-state index in [1.807, 2.05) is 24.3 Å².